The first-order valence-electron chi connectivity index (χ1n) is 5.09. The molecule has 17 heavy (non-hydrogen) atoms. The third-order valence-electron chi connectivity index (χ3n) is 2.61. The Balaban J connectivity index is 2.39. The molecule has 1 aromatic carbocycles. The van der Waals surface area contributed by atoms with Gasteiger partial charge >= 0.3 is 5.76 Å². The number of carbonyl (C=O) groups excluding carboxylic acids is 1. The molecule has 0 radical (unpaired) electrons. The molecule has 0 fully saturated rings. The molecule has 6 heteroatoms. The maximum absolute atomic E-state index is 11.4. The maximum Gasteiger partial charge on any atom is 0.419 e. The van der Waals surface area contributed by atoms with Crippen LogP contribution in [-0.4, -0.2) is 22.5 Å². The quantitative estimate of drug-likeness (QED) is 0.451. The van der Waals surface area contributed by atoms with Gasteiger partial charge in [-0.05, 0) is 17.7 Å². The lowest BCUT2D eigenvalue weighted by Crippen LogP contribution is -2.34. The van der Waals surface area contributed by atoms with Crippen LogP contribution >= 0.6 is 0 Å². The predicted molar refractivity (Wildman–Crippen MR) is 62.1 cm³/mol. The number of nitrogens with two attached hydrogens (primary N) is 1. The predicted octanol–water partition coefficient (Wildman–Crippen LogP) is 0.00610. The van der Waals surface area contributed by atoms with Gasteiger partial charge < -0.3 is 4.42 Å². The van der Waals surface area contributed by atoms with Crippen molar-refractivity contribution in [1.82, 2.24) is 9.58 Å². The monoisotopic (exact) mass is 235 g/mol. The lowest BCUT2D eigenvalue weighted by Gasteiger charge is -2.09. The third kappa shape index (κ3) is 2.07. The number of benzene rings is 1. The number of amides is 1. The van der Waals surface area contributed by atoms with Gasteiger partial charge in [0.15, 0.2) is 5.58 Å². The van der Waals surface area contributed by atoms with Gasteiger partial charge in [-0.1, -0.05) is 6.07 Å². The van der Waals surface area contributed by atoms with Gasteiger partial charge in [0.25, 0.3) is 0 Å². The number of fused-ring (bicyclic) bond motifs is 1. The van der Waals surface area contributed by atoms with E-state index >= 15 is 0 Å². The Morgan fingerprint density at radius 3 is 2.88 bits per heavy atom. The summed E-state index contributed by atoms with van der Waals surface area (Å²) in [5.74, 6) is 4.71. The third-order valence-corrected chi connectivity index (χ3v) is 2.61. The smallest absolute Gasteiger partial charge is 0.408 e. The van der Waals surface area contributed by atoms with Gasteiger partial charge in [-0.3, -0.25) is 14.4 Å². The second kappa shape index (κ2) is 4.06. The first kappa shape index (κ1) is 11.4. The summed E-state index contributed by atoms with van der Waals surface area (Å²) in [5, 5.41) is 1.03. The van der Waals surface area contributed by atoms with Crippen molar-refractivity contribution >= 4 is 17.0 Å². The highest BCUT2D eigenvalue weighted by atomic mass is 16.4. The lowest BCUT2D eigenvalue weighted by molar-refractivity contribution is -0.129. The van der Waals surface area contributed by atoms with Gasteiger partial charge in [0.05, 0.1) is 11.9 Å². The van der Waals surface area contributed by atoms with Gasteiger partial charge in [0, 0.05) is 14.1 Å². The van der Waals surface area contributed by atoms with Gasteiger partial charge in [-0.15, -0.1) is 0 Å². The summed E-state index contributed by atoms with van der Waals surface area (Å²) in [6, 6.07) is 5.20. The van der Waals surface area contributed by atoms with E-state index in [9.17, 15) is 9.59 Å². The zero-order chi connectivity index (χ0) is 12.6. The average Bonchev–Trinajstić information content (AvgIpc) is 2.54. The lowest BCUT2D eigenvalue weighted by atomic mass is 10.1. The molecule has 0 unspecified atom stereocenters. The van der Waals surface area contributed by atoms with E-state index in [2.05, 4.69) is 0 Å². The maximum atomic E-state index is 11.4. The van der Waals surface area contributed by atoms with Crippen molar-refractivity contribution < 1.29 is 9.21 Å². The van der Waals surface area contributed by atoms with Crippen molar-refractivity contribution in [3.8, 4) is 0 Å². The summed E-state index contributed by atoms with van der Waals surface area (Å²) in [6.45, 7) is 0. The van der Waals surface area contributed by atoms with Crippen LogP contribution in [0.15, 0.2) is 27.4 Å². The Bertz CT molecular complexity index is 624. The van der Waals surface area contributed by atoms with E-state index in [4.69, 9.17) is 10.3 Å². The molecule has 1 amide bonds. The SMILES string of the molecule is CN(N)C(=O)Cc1ccc2c(c1)oc(=O)n2C. The van der Waals surface area contributed by atoms with E-state index in [1.165, 1.54) is 11.6 Å². The molecule has 0 bridgehead atoms. The van der Waals surface area contributed by atoms with Crippen LogP contribution in [-0.2, 0) is 18.3 Å². The number of likely N-dealkylation sites (N-methyl/N-ethyl adjacent to an activating group) is 1. The normalized spacial score (nSPS) is 10.8. The molecule has 90 valence electrons. The van der Waals surface area contributed by atoms with Crippen molar-refractivity contribution in [3.05, 3.63) is 34.3 Å². The van der Waals surface area contributed by atoms with Crippen LogP contribution in [0, 0.1) is 0 Å². The molecule has 0 atom stereocenters. The fourth-order valence-corrected chi connectivity index (χ4v) is 1.59. The van der Waals surface area contributed by atoms with E-state index in [1.807, 2.05) is 0 Å². The number of oxazole rings is 1. The summed E-state index contributed by atoms with van der Waals surface area (Å²) in [6.07, 6.45) is 0.182. The topological polar surface area (TPSA) is 81.5 Å². The van der Waals surface area contributed by atoms with Crippen molar-refractivity contribution in [2.75, 3.05) is 7.05 Å². The summed E-state index contributed by atoms with van der Waals surface area (Å²) < 4.78 is 6.45. The van der Waals surface area contributed by atoms with Gasteiger partial charge in [0.1, 0.15) is 0 Å². The second-order valence-electron chi connectivity index (χ2n) is 3.91. The van der Waals surface area contributed by atoms with Crippen LogP contribution in [0.5, 0.6) is 0 Å². The molecule has 1 heterocycles. The van der Waals surface area contributed by atoms with Gasteiger partial charge in [-0.2, -0.15) is 0 Å². The molecule has 0 saturated heterocycles. The largest absolute Gasteiger partial charge is 0.419 e. The second-order valence-corrected chi connectivity index (χ2v) is 3.91. The molecule has 2 aromatic rings. The number of hydrazine groups is 1. The molecule has 0 saturated carbocycles. The zero-order valence-electron chi connectivity index (χ0n) is 9.64. The average molecular weight is 235 g/mol. The fourth-order valence-electron chi connectivity index (χ4n) is 1.59. The van der Waals surface area contributed by atoms with Crippen LogP contribution in [0.25, 0.3) is 11.1 Å². The summed E-state index contributed by atoms with van der Waals surface area (Å²) >= 11 is 0. The van der Waals surface area contributed by atoms with Crippen molar-refractivity contribution in [2.24, 2.45) is 12.9 Å². The van der Waals surface area contributed by atoms with Crippen LogP contribution in [0.4, 0.5) is 0 Å². The molecular formula is C11H13N3O3. The Morgan fingerprint density at radius 2 is 2.24 bits per heavy atom. The minimum atomic E-state index is -0.417. The van der Waals surface area contributed by atoms with E-state index in [0.717, 1.165) is 10.6 Å². The van der Waals surface area contributed by atoms with Gasteiger partial charge in [0.2, 0.25) is 5.91 Å². The first-order chi connectivity index (χ1) is 7.99. The summed E-state index contributed by atoms with van der Waals surface area (Å²) in [7, 11) is 3.12. The highest BCUT2D eigenvalue weighted by Gasteiger charge is 2.10. The van der Waals surface area contributed by atoms with Crippen LogP contribution in [0.1, 0.15) is 5.56 Å². The highest BCUT2D eigenvalue weighted by Crippen LogP contribution is 2.14. The number of carbonyl (C=O) groups is 1. The Kier molecular flexibility index (Phi) is 2.72. The Labute approximate surface area is 97.2 Å². The molecule has 0 aliphatic rings. The van der Waals surface area contributed by atoms with Crippen molar-refractivity contribution in [2.45, 2.75) is 6.42 Å². The molecule has 0 spiro atoms. The van der Waals surface area contributed by atoms with Crippen LogP contribution in [0.3, 0.4) is 0 Å². The minimum absolute atomic E-state index is 0.182. The van der Waals surface area contributed by atoms with E-state index in [1.54, 1.807) is 25.2 Å². The Hall–Kier alpha value is -2.08. The summed E-state index contributed by atoms with van der Waals surface area (Å²) in [5.41, 5.74) is 1.93. The van der Waals surface area contributed by atoms with E-state index < -0.39 is 5.76 Å². The van der Waals surface area contributed by atoms with E-state index in [0.29, 0.717) is 11.1 Å². The molecule has 1 aromatic heterocycles. The number of aromatic nitrogens is 1. The zero-order valence-corrected chi connectivity index (χ0v) is 9.64. The number of hydrogen-bond donors (Lipinski definition) is 1. The fraction of sp³-hybridized carbons (Fsp3) is 0.273. The number of nitrogens with zero attached hydrogens (tertiary/aromatic N) is 2. The number of aryl methyl sites for hydroxylation is 1. The van der Waals surface area contributed by atoms with Crippen LogP contribution in [0.2, 0.25) is 0 Å². The molecule has 0 aliphatic carbocycles. The molecular weight excluding hydrogens is 222 g/mol. The number of hydrogen-bond acceptors (Lipinski definition) is 4. The molecule has 2 rings (SSSR count). The summed E-state index contributed by atoms with van der Waals surface area (Å²) in [4.78, 5) is 22.7. The Morgan fingerprint density at radius 1 is 1.53 bits per heavy atom. The molecule has 6 nitrogen and oxygen atoms in total. The van der Waals surface area contributed by atoms with E-state index in [-0.39, 0.29) is 12.3 Å². The first-order valence-corrected chi connectivity index (χ1v) is 5.09. The van der Waals surface area contributed by atoms with Crippen LogP contribution < -0.4 is 11.6 Å². The minimum Gasteiger partial charge on any atom is -0.408 e. The standard InChI is InChI=1S/C11H13N3O3/c1-13-8-4-3-7(6-10(15)14(2)12)5-9(8)17-11(13)16/h3-5H,6,12H2,1-2H3. The van der Waals surface area contributed by atoms with Crippen molar-refractivity contribution in [3.63, 3.8) is 0 Å². The van der Waals surface area contributed by atoms with Crippen molar-refractivity contribution in [1.29, 1.82) is 0 Å². The van der Waals surface area contributed by atoms with Gasteiger partial charge in [-0.25, -0.2) is 10.6 Å². The highest BCUT2D eigenvalue weighted by molar-refractivity contribution is 5.80. The number of rotatable bonds is 2. The molecule has 0 aliphatic heterocycles. The molecule has 2 N–H and O–H groups in total.